The van der Waals surface area contributed by atoms with Crippen molar-refractivity contribution in [3.63, 3.8) is 0 Å². The molecule has 0 aromatic rings. The second-order valence-electron chi connectivity index (χ2n) is 5.85. The highest BCUT2D eigenvalue weighted by Gasteiger charge is 2.44. The molecule has 1 N–H and O–H groups in total. The normalized spacial score (nSPS) is 37.4. The summed E-state index contributed by atoms with van der Waals surface area (Å²) in [6, 6.07) is 2.44. The second-order valence-corrected chi connectivity index (χ2v) is 5.85. The fourth-order valence-corrected chi connectivity index (χ4v) is 3.23. The van der Waals surface area contributed by atoms with Crippen molar-refractivity contribution in [3.8, 4) is 6.07 Å². The largest absolute Gasteiger partial charge is 0.391 e. The van der Waals surface area contributed by atoms with Gasteiger partial charge >= 0.3 is 0 Å². The lowest BCUT2D eigenvalue weighted by Gasteiger charge is -2.41. The molecule has 1 aliphatic carbocycles. The summed E-state index contributed by atoms with van der Waals surface area (Å²) in [4.78, 5) is 0. The number of aliphatic hydroxyl groups excluding tert-OH is 1. The molecule has 0 radical (unpaired) electrons. The zero-order valence-electron chi connectivity index (χ0n) is 10.7. The van der Waals surface area contributed by atoms with Gasteiger partial charge in [-0.25, -0.2) is 0 Å². The minimum Gasteiger partial charge on any atom is -0.391 e. The third-order valence-corrected chi connectivity index (χ3v) is 4.67. The molecular weight excluding hydrogens is 214 g/mol. The molecule has 17 heavy (non-hydrogen) atoms. The van der Waals surface area contributed by atoms with Crippen LogP contribution < -0.4 is 0 Å². The molecular formula is C14H23NO2. The van der Waals surface area contributed by atoms with E-state index in [0.717, 1.165) is 51.7 Å². The maximum Gasteiger partial charge on any atom is 0.0835 e. The Hall–Kier alpha value is -0.590. The van der Waals surface area contributed by atoms with E-state index in [9.17, 15) is 10.4 Å². The lowest BCUT2D eigenvalue weighted by molar-refractivity contribution is -0.0534. The van der Waals surface area contributed by atoms with Gasteiger partial charge < -0.3 is 9.84 Å². The van der Waals surface area contributed by atoms with Gasteiger partial charge in [0.25, 0.3) is 0 Å². The summed E-state index contributed by atoms with van der Waals surface area (Å²) in [5, 5.41) is 20.0. The van der Waals surface area contributed by atoms with Crippen LogP contribution in [0.5, 0.6) is 0 Å². The lowest BCUT2D eigenvalue weighted by Crippen LogP contribution is -2.43. The number of nitrogens with zero attached hydrogens (tertiary/aromatic N) is 1. The Morgan fingerprint density at radius 3 is 2.35 bits per heavy atom. The Balaban J connectivity index is 2.04. The van der Waals surface area contributed by atoms with Gasteiger partial charge in [-0.05, 0) is 50.4 Å². The van der Waals surface area contributed by atoms with Crippen LogP contribution in [0.25, 0.3) is 0 Å². The van der Waals surface area contributed by atoms with E-state index in [-0.39, 0.29) is 5.92 Å². The highest BCUT2D eigenvalue weighted by atomic mass is 16.5. The zero-order valence-corrected chi connectivity index (χ0v) is 10.7. The van der Waals surface area contributed by atoms with Crippen molar-refractivity contribution in [1.29, 1.82) is 5.26 Å². The standard InChI is InChI=1S/C14H23NO2/c1-11-2-6-14(10-15,7-3-11)13(16)12-4-8-17-9-5-12/h11-13,16H,2-9H2,1H3. The molecule has 3 nitrogen and oxygen atoms in total. The number of hydrogen-bond donors (Lipinski definition) is 1. The maximum atomic E-state index is 10.6. The Kier molecular flexibility index (Phi) is 4.06. The van der Waals surface area contributed by atoms with Crippen molar-refractivity contribution in [1.82, 2.24) is 0 Å². The molecule has 0 bridgehead atoms. The van der Waals surface area contributed by atoms with E-state index < -0.39 is 11.5 Å². The SMILES string of the molecule is CC1CCC(C#N)(C(O)C2CCOCC2)CC1. The van der Waals surface area contributed by atoms with E-state index in [1.807, 2.05) is 0 Å². The van der Waals surface area contributed by atoms with Crippen LogP contribution in [0.15, 0.2) is 0 Å². The van der Waals surface area contributed by atoms with E-state index in [0.29, 0.717) is 5.92 Å². The molecule has 1 aliphatic heterocycles. The fraction of sp³-hybridized carbons (Fsp3) is 0.929. The Morgan fingerprint density at radius 2 is 1.82 bits per heavy atom. The fourth-order valence-electron chi connectivity index (χ4n) is 3.23. The molecule has 0 aromatic heterocycles. The van der Waals surface area contributed by atoms with Crippen LogP contribution in [0.2, 0.25) is 0 Å². The quantitative estimate of drug-likeness (QED) is 0.802. The first kappa shape index (κ1) is 12.9. The highest BCUT2D eigenvalue weighted by Crippen LogP contribution is 2.44. The van der Waals surface area contributed by atoms with E-state index in [1.165, 1.54) is 0 Å². The molecule has 0 amide bonds. The lowest BCUT2D eigenvalue weighted by atomic mass is 9.65. The van der Waals surface area contributed by atoms with E-state index >= 15 is 0 Å². The molecule has 2 aliphatic rings. The molecule has 3 heteroatoms. The predicted octanol–water partition coefficient (Wildman–Crippen LogP) is 2.49. The minimum absolute atomic E-state index is 0.261. The molecule has 2 rings (SSSR count). The van der Waals surface area contributed by atoms with Crippen LogP contribution >= 0.6 is 0 Å². The molecule has 1 saturated heterocycles. The van der Waals surface area contributed by atoms with E-state index in [2.05, 4.69) is 13.0 Å². The van der Waals surface area contributed by atoms with Gasteiger partial charge in [0.2, 0.25) is 0 Å². The number of hydrogen-bond acceptors (Lipinski definition) is 3. The summed E-state index contributed by atoms with van der Waals surface area (Å²) in [6.07, 6.45) is 5.23. The van der Waals surface area contributed by atoms with Crippen molar-refractivity contribution >= 4 is 0 Å². The highest BCUT2D eigenvalue weighted by molar-refractivity contribution is 5.07. The molecule has 96 valence electrons. The summed E-state index contributed by atoms with van der Waals surface area (Å²) in [5.74, 6) is 0.968. The summed E-state index contributed by atoms with van der Waals surface area (Å²) in [7, 11) is 0. The van der Waals surface area contributed by atoms with Gasteiger partial charge in [0.1, 0.15) is 0 Å². The first-order valence-electron chi connectivity index (χ1n) is 6.85. The van der Waals surface area contributed by atoms with Crippen LogP contribution in [-0.4, -0.2) is 24.4 Å². The van der Waals surface area contributed by atoms with Gasteiger partial charge in [-0.3, -0.25) is 0 Å². The van der Waals surface area contributed by atoms with Crippen LogP contribution in [-0.2, 0) is 4.74 Å². The molecule has 1 heterocycles. The maximum absolute atomic E-state index is 10.6. The Labute approximate surface area is 104 Å². The smallest absolute Gasteiger partial charge is 0.0835 e. The molecule has 0 aromatic carbocycles. The van der Waals surface area contributed by atoms with Gasteiger partial charge in [0.15, 0.2) is 0 Å². The van der Waals surface area contributed by atoms with E-state index in [1.54, 1.807) is 0 Å². The monoisotopic (exact) mass is 237 g/mol. The number of aliphatic hydroxyl groups is 1. The van der Waals surface area contributed by atoms with Crippen molar-refractivity contribution in [3.05, 3.63) is 0 Å². The van der Waals surface area contributed by atoms with Crippen LogP contribution in [0.1, 0.15) is 45.4 Å². The minimum atomic E-state index is -0.478. The average Bonchev–Trinajstić information content (AvgIpc) is 2.40. The summed E-state index contributed by atoms with van der Waals surface area (Å²) < 4.78 is 5.33. The van der Waals surface area contributed by atoms with Gasteiger partial charge in [-0.2, -0.15) is 5.26 Å². The molecule has 1 saturated carbocycles. The van der Waals surface area contributed by atoms with E-state index in [4.69, 9.17) is 4.74 Å². The molecule has 1 atom stereocenters. The molecule has 0 spiro atoms. The van der Waals surface area contributed by atoms with Crippen molar-refractivity contribution in [2.24, 2.45) is 17.3 Å². The Bertz CT molecular complexity index is 283. The van der Waals surface area contributed by atoms with Gasteiger partial charge in [-0.15, -0.1) is 0 Å². The predicted molar refractivity (Wildman–Crippen MR) is 65.2 cm³/mol. The van der Waals surface area contributed by atoms with Gasteiger partial charge in [-0.1, -0.05) is 6.92 Å². The third kappa shape index (κ3) is 2.64. The summed E-state index contributed by atoms with van der Waals surface area (Å²) >= 11 is 0. The number of nitriles is 1. The number of ether oxygens (including phenoxy) is 1. The summed E-state index contributed by atoms with van der Waals surface area (Å²) in [5.41, 5.74) is -0.478. The van der Waals surface area contributed by atoms with Gasteiger partial charge in [0, 0.05) is 13.2 Å². The van der Waals surface area contributed by atoms with Crippen LogP contribution in [0.3, 0.4) is 0 Å². The number of rotatable bonds is 2. The van der Waals surface area contributed by atoms with Crippen molar-refractivity contribution < 1.29 is 9.84 Å². The molecule has 2 fully saturated rings. The first-order valence-corrected chi connectivity index (χ1v) is 6.85. The van der Waals surface area contributed by atoms with Crippen LogP contribution in [0.4, 0.5) is 0 Å². The van der Waals surface area contributed by atoms with Crippen molar-refractivity contribution in [2.75, 3.05) is 13.2 Å². The molecule has 1 unspecified atom stereocenters. The Morgan fingerprint density at radius 1 is 1.24 bits per heavy atom. The summed E-state index contributed by atoms with van der Waals surface area (Å²) in [6.45, 7) is 3.71. The van der Waals surface area contributed by atoms with Crippen molar-refractivity contribution in [2.45, 2.75) is 51.6 Å². The zero-order chi connectivity index (χ0) is 12.3. The van der Waals surface area contributed by atoms with Crippen LogP contribution in [0, 0.1) is 28.6 Å². The van der Waals surface area contributed by atoms with Gasteiger partial charge in [0.05, 0.1) is 17.6 Å². The second kappa shape index (κ2) is 5.37. The average molecular weight is 237 g/mol. The topological polar surface area (TPSA) is 53.2 Å². The first-order chi connectivity index (χ1) is 8.18. The third-order valence-electron chi connectivity index (χ3n) is 4.67.